The van der Waals surface area contributed by atoms with E-state index in [4.69, 9.17) is 5.11 Å². The molecule has 0 amide bonds. The number of nitrogens with one attached hydrogen (secondary N) is 1. The molecule has 3 rings (SSSR count). The largest absolute Gasteiger partial charge is 0.478 e. The molecule has 0 radical (unpaired) electrons. The maximum atomic E-state index is 11.0. The number of aryl methyl sites for hydroxylation is 3. The van der Waals surface area contributed by atoms with E-state index in [-0.39, 0.29) is 5.56 Å². The lowest BCUT2D eigenvalue weighted by Gasteiger charge is -2.04. The molecular formula is C13H13N3O2S. The topological polar surface area (TPSA) is 75.1 Å². The zero-order valence-corrected chi connectivity index (χ0v) is 11.3. The van der Waals surface area contributed by atoms with Gasteiger partial charge >= 0.3 is 5.97 Å². The lowest BCUT2D eigenvalue weighted by molar-refractivity contribution is 0.0696. The van der Waals surface area contributed by atoms with Gasteiger partial charge in [-0.15, -0.1) is 11.3 Å². The van der Waals surface area contributed by atoms with Gasteiger partial charge in [0.15, 0.2) is 5.13 Å². The van der Waals surface area contributed by atoms with Gasteiger partial charge in [0, 0.05) is 10.6 Å². The van der Waals surface area contributed by atoms with Crippen molar-refractivity contribution in [3.05, 3.63) is 34.0 Å². The van der Waals surface area contributed by atoms with Crippen LogP contribution in [0.3, 0.4) is 0 Å². The molecule has 1 aliphatic rings. The molecule has 0 fully saturated rings. The highest BCUT2D eigenvalue weighted by Crippen LogP contribution is 2.31. The van der Waals surface area contributed by atoms with Gasteiger partial charge in [0.2, 0.25) is 0 Å². The number of rotatable bonds is 3. The minimum absolute atomic E-state index is 0.235. The maximum Gasteiger partial charge on any atom is 0.335 e. The Morgan fingerprint density at radius 3 is 2.95 bits per heavy atom. The van der Waals surface area contributed by atoms with Crippen LogP contribution in [0, 0.1) is 6.92 Å². The van der Waals surface area contributed by atoms with Gasteiger partial charge in [-0.05, 0) is 38.3 Å². The molecule has 5 nitrogen and oxygen atoms in total. The first-order valence-corrected chi connectivity index (χ1v) is 6.91. The molecule has 2 heterocycles. The Hall–Kier alpha value is -1.95. The van der Waals surface area contributed by atoms with E-state index >= 15 is 0 Å². The van der Waals surface area contributed by atoms with E-state index in [1.807, 2.05) is 0 Å². The van der Waals surface area contributed by atoms with Crippen LogP contribution in [0.15, 0.2) is 12.1 Å². The van der Waals surface area contributed by atoms with Crippen molar-refractivity contribution in [3.63, 3.8) is 0 Å². The Morgan fingerprint density at radius 2 is 2.21 bits per heavy atom. The van der Waals surface area contributed by atoms with Gasteiger partial charge < -0.3 is 10.4 Å². The molecule has 98 valence electrons. The third kappa shape index (κ3) is 2.44. The second-order valence-electron chi connectivity index (χ2n) is 4.56. The summed E-state index contributed by atoms with van der Waals surface area (Å²) in [4.78, 5) is 21.1. The number of hydrogen-bond acceptors (Lipinski definition) is 5. The van der Waals surface area contributed by atoms with Gasteiger partial charge in [0.25, 0.3) is 0 Å². The second kappa shape index (κ2) is 4.62. The van der Waals surface area contributed by atoms with Crippen LogP contribution in [0.25, 0.3) is 0 Å². The summed E-state index contributed by atoms with van der Waals surface area (Å²) in [5.41, 5.74) is 2.07. The number of carbonyl (C=O) groups is 1. The Kier molecular flexibility index (Phi) is 2.94. The molecule has 1 aliphatic carbocycles. The zero-order valence-electron chi connectivity index (χ0n) is 10.4. The first kappa shape index (κ1) is 12.1. The summed E-state index contributed by atoms with van der Waals surface area (Å²) < 4.78 is 0. The summed E-state index contributed by atoms with van der Waals surface area (Å²) in [6.07, 6.45) is 3.31. The molecule has 0 spiro atoms. The number of nitrogens with zero attached hydrogens (tertiary/aromatic N) is 2. The van der Waals surface area contributed by atoms with Gasteiger partial charge in [-0.25, -0.2) is 14.8 Å². The number of aromatic carboxylic acids is 1. The van der Waals surface area contributed by atoms with Crippen molar-refractivity contribution >= 4 is 28.3 Å². The molecule has 0 saturated heterocycles. The molecular weight excluding hydrogens is 262 g/mol. The Labute approximate surface area is 114 Å². The summed E-state index contributed by atoms with van der Waals surface area (Å²) in [6, 6.07) is 3.08. The highest BCUT2D eigenvalue weighted by atomic mass is 32.1. The molecule has 0 aromatic carbocycles. The van der Waals surface area contributed by atoms with Crippen LogP contribution in [-0.2, 0) is 12.8 Å². The number of pyridine rings is 1. The van der Waals surface area contributed by atoms with Crippen LogP contribution in [0.2, 0.25) is 0 Å². The van der Waals surface area contributed by atoms with Crippen molar-refractivity contribution in [2.24, 2.45) is 0 Å². The predicted octanol–water partition coefficient (Wildman–Crippen LogP) is 2.78. The molecule has 0 unspecified atom stereocenters. The monoisotopic (exact) mass is 275 g/mol. The summed E-state index contributed by atoms with van der Waals surface area (Å²) in [6.45, 7) is 1.78. The van der Waals surface area contributed by atoms with Crippen molar-refractivity contribution in [2.75, 3.05) is 5.32 Å². The minimum Gasteiger partial charge on any atom is -0.478 e. The molecule has 19 heavy (non-hydrogen) atoms. The molecule has 6 heteroatoms. The van der Waals surface area contributed by atoms with Crippen molar-refractivity contribution in [1.82, 2.24) is 9.97 Å². The first-order valence-electron chi connectivity index (χ1n) is 6.09. The Morgan fingerprint density at radius 1 is 1.37 bits per heavy atom. The average Bonchev–Trinajstić information content (AvgIpc) is 2.88. The first-order chi connectivity index (χ1) is 9.11. The zero-order chi connectivity index (χ0) is 13.4. The summed E-state index contributed by atoms with van der Waals surface area (Å²) >= 11 is 1.63. The molecule has 0 bridgehead atoms. The maximum absolute atomic E-state index is 11.0. The van der Waals surface area contributed by atoms with E-state index < -0.39 is 5.97 Å². The van der Waals surface area contributed by atoms with E-state index in [0.717, 1.165) is 18.0 Å². The summed E-state index contributed by atoms with van der Waals surface area (Å²) in [5, 5.41) is 12.9. The van der Waals surface area contributed by atoms with Crippen molar-refractivity contribution in [3.8, 4) is 0 Å². The summed E-state index contributed by atoms with van der Waals surface area (Å²) in [7, 11) is 0. The number of fused-ring (bicyclic) bond motifs is 1. The number of aromatic nitrogens is 2. The van der Waals surface area contributed by atoms with E-state index in [0.29, 0.717) is 11.5 Å². The number of hydrogen-bond donors (Lipinski definition) is 2. The predicted molar refractivity (Wildman–Crippen MR) is 73.4 cm³/mol. The number of anilines is 2. The third-order valence-electron chi connectivity index (χ3n) is 3.03. The van der Waals surface area contributed by atoms with Crippen LogP contribution in [-0.4, -0.2) is 21.0 Å². The van der Waals surface area contributed by atoms with Gasteiger partial charge in [-0.2, -0.15) is 0 Å². The summed E-state index contributed by atoms with van der Waals surface area (Å²) in [5.74, 6) is -0.417. The lowest BCUT2D eigenvalue weighted by atomic mass is 10.2. The molecule has 0 aliphatic heterocycles. The van der Waals surface area contributed by atoms with E-state index in [2.05, 4.69) is 15.3 Å². The lowest BCUT2D eigenvalue weighted by Crippen LogP contribution is -2.02. The highest BCUT2D eigenvalue weighted by molar-refractivity contribution is 7.15. The van der Waals surface area contributed by atoms with Crippen LogP contribution in [0.4, 0.5) is 10.9 Å². The molecule has 2 aromatic rings. The number of thiazole rings is 1. The van der Waals surface area contributed by atoms with Crippen LogP contribution in [0.5, 0.6) is 0 Å². The smallest absolute Gasteiger partial charge is 0.335 e. The highest BCUT2D eigenvalue weighted by Gasteiger charge is 2.17. The molecule has 0 atom stereocenters. The Bertz CT molecular complexity index is 630. The van der Waals surface area contributed by atoms with Crippen LogP contribution >= 0.6 is 11.3 Å². The third-order valence-corrected chi connectivity index (χ3v) is 4.10. The fourth-order valence-corrected chi connectivity index (χ4v) is 3.27. The van der Waals surface area contributed by atoms with Gasteiger partial charge in [-0.3, -0.25) is 0 Å². The standard InChI is InChI=1S/C13H13N3O2S/c1-7-5-8(12(17)18)6-11(14-7)16-13-15-9-3-2-4-10(9)19-13/h5-6H,2-4H2,1H3,(H,17,18)(H,14,15,16). The minimum atomic E-state index is -0.949. The van der Waals surface area contributed by atoms with Gasteiger partial charge in [-0.1, -0.05) is 0 Å². The number of carboxylic acids is 1. The van der Waals surface area contributed by atoms with E-state index in [1.54, 1.807) is 24.3 Å². The fourth-order valence-electron chi connectivity index (χ4n) is 2.21. The fraction of sp³-hybridized carbons (Fsp3) is 0.308. The molecule has 2 aromatic heterocycles. The normalized spacial score (nSPS) is 13.3. The van der Waals surface area contributed by atoms with Crippen molar-refractivity contribution in [1.29, 1.82) is 0 Å². The van der Waals surface area contributed by atoms with Gasteiger partial charge in [0.05, 0.1) is 11.3 Å². The molecule has 0 saturated carbocycles. The van der Waals surface area contributed by atoms with Crippen molar-refractivity contribution in [2.45, 2.75) is 26.2 Å². The van der Waals surface area contributed by atoms with Crippen molar-refractivity contribution < 1.29 is 9.90 Å². The second-order valence-corrected chi connectivity index (χ2v) is 5.64. The van der Waals surface area contributed by atoms with Crippen LogP contribution in [0.1, 0.15) is 33.0 Å². The van der Waals surface area contributed by atoms with Crippen LogP contribution < -0.4 is 5.32 Å². The number of carboxylic acid groups (broad SMARTS) is 1. The molecule has 2 N–H and O–H groups in total. The SMILES string of the molecule is Cc1cc(C(=O)O)cc(Nc2nc3c(s2)CCC3)n1. The average molecular weight is 275 g/mol. The Balaban J connectivity index is 1.87. The van der Waals surface area contributed by atoms with E-state index in [9.17, 15) is 4.79 Å². The van der Waals surface area contributed by atoms with Gasteiger partial charge in [0.1, 0.15) is 5.82 Å². The van der Waals surface area contributed by atoms with E-state index in [1.165, 1.54) is 23.1 Å². The quantitative estimate of drug-likeness (QED) is 0.901.